The van der Waals surface area contributed by atoms with Crippen LogP contribution in [0.1, 0.15) is 66.2 Å². The fourth-order valence-corrected chi connectivity index (χ4v) is 2.98. The number of likely N-dealkylation sites (N-methyl/N-ethyl adjacent to an activating group) is 1. The molecule has 3 heteroatoms. The highest BCUT2D eigenvalue weighted by molar-refractivity contribution is 5.82. The summed E-state index contributed by atoms with van der Waals surface area (Å²) in [5, 5.41) is 3.31. The number of unbranched alkanes of at least 4 members (excludes halogenated alkanes) is 2. The molecule has 1 fully saturated rings. The van der Waals surface area contributed by atoms with Gasteiger partial charge in [0.2, 0.25) is 5.91 Å². The molecule has 1 saturated heterocycles. The lowest BCUT2D eigenvalue weighted by molar-refractivity contribution is -0.137. The van der Waals surface area contributed by atoms with E-state index < -0.39 is 0 Å². The number of carbonyl (C=O) groups excluding carboxylic acids is 1. The Kier molecular flexibility index (Phi) is 6.84. The van der Waals surface area contributed by atoms with Gasteiger partial charge in [0, 0.05) is 13.1 Å². The van der Waals surface area contributed by atoms with Crippen LogP contribution in [0.2, 0.25) is 0 Å². The number of amides is 1. The molecule has 112 valence electrons. The molecule has 1 atom stereocenters. The first-order valence-electron chi connectivity index (χ1n) is 8.02. The van der Waals surface area contributed by atoms with Crippen LogP contribution in [0.5, 0.6) is 0 Å². The second kappa shape index (κ2) is 7.88. The summed E-state index contributed by atoms with van der Waals surface area (Å²) in [7, 11) is 0. The Morgan fingerprint density at radius 3 is 2.68 bits per heavy atom. The van der Waals surface area contributed by atoms with Crippen molar-refractivity contribution in [2.45, 2.75) is 72.3 Å². The third kappa shape index (κ3) is 5.52. The monoisotopic (exact) mass is 268 g/mol. The normalized spacial score (nSPS) is 20.9. The fraction of sp³-hybridized carbons (Fsp3) is 0.938. The number of rotatable bonds is 8. The summed E-state index contributed by atoms with van der Waals surface area (Å²) < 4.78 is 0. The SMILES string of the molecule is CCCCCC(C)(C)CN1CCCC(NCC)C1=O. The highest BCUT2D eigenvalue weighted by Gasteiger charge is 2.31. The van der Waals surface area contributed by atoms with Crippen molar-refractivity contribution in [1.82, 2.24) is 10.2 Å². The molecule has 1 aliphatic heterocycles. The number of likely N-dealkylation sites (tertiary alicyclic amines) is 1. The van der Waals surface area contributed by atoms with Crippen LogP contribution < -0.4 is 5.32 Å². The van der Waals surface area contributed by atoms with Gasteiger partial charge in [-0.25, -0.2) is 0 Å². The van der Waals surface area contributed by atoms with Gasteiger partial charge in [0.25, 0.3) is 0 Å². The van der Waals surface area contributed by atoms with Gasteiger partial charge in [-0.05, 0) is 31.2 Å². The number of carbonyl (C=O) groups is 1. The molecule has 1 unspecified atom stereocenters. The van der Waals surface area contributed by atoms with Crippen LogP contribution in [0, 0.1) is 5.41 Å². The summed E-state index contributed by atoms with van der Waals surface area (Å²) in [5.41, 5.74) is 0.249. The molecule has 0 radical (unpaired) electrons. The van der Waals surface area contributed by atoms with Crippen molar-refractivity contribution in [3.05, 3.63) is 0 Å². The van der Waals surface area contributed by atoms with Gasteiger partial charge in [0.15, 0.2) is 0 Å². The Morgan fingerprint density at radius 2 is 2.05 bits per heavy atom. The van der Waals surface area contributed by atoms with Crippen molar-refractivity contribution in [3.63, 3.8) is 0 Å². The standard InChI is InChI=1S/C16H32N2O/c1-5-7-8-11-16(3,4)13-18-12-9-10-14(15(18)19)17-6-2/h14,17H,5-13H2,1-4H3. The van der Waals surface area contributed by atoms with E-state index in [9.17, 15) is 4.79 Å². The zero-order chi connectivity index (χ0) is 14.3. The van der Waals surface area contributed by atoms with Gasteiger partial charge in [0.1, 0.15) is 0 Å². The van der Waals surface area contributed by atoms with Crippen molar-refractivity contribution in [2.24, 2.45) is 5.41 Å². The Hall–Kier alpha value is -0.570. The minimum Gasteiger partial charge on any atom is -0.341 e. The summed E-state index contributed by atoms with van der Waals surface area (Å²) in [5.74, 6) is 0.316. The van der Waals surface area contributed by atoms with E-state index in [0.29, 0.717) is 5.91 Å². The van der Waals surface area contributed by atoms with E-state index >= 15 is 0 Å². The van der Waals surface area contributed by atoms with Crippen molar-refractivity contribution < 1.29 is 4.79 Å². The Morgan fingerprint density at radius 1 is 1.32 bits per heavy atom. The topological polar surface area (TPSA) is 32.3 Å². The van der Waals surface area contributed by atoms with E-state index in [0.717, 1.165) is 32.5 Å². The zero-order valence-electron chi connectivity index (χ0n) is 13.3. The molecule has 0 aromatic rings. The molecule has 3 nitrogen and oxygen atoms in total. The van der Waals surface area contributed by atoms with Gasteiger partial charge in [-0.15, -0.1) is 0 Å². The zero-order valence-corrected chi connectivity index (χ0v) is 13.3. The first-order valence-corrected chi connectivity index (χ1v) is 8.02. The Balaban J connectivity index is 2.47. The summed E-state index contributed by atoms with van der Waals surface area (Å²) in [6, 6.07) is 0.0604. The molecule has 1 heterocycles. The molecule has 0 bridgehead atoms. The van der Waals surface area contributed by atoms with Crippen LogP contribution in [-0.4, -0.2) is 36.5 Å². The highest BCUT2D eigenvalue weighted by atomic mass is 16.2. The van der Waals surface area contributed by atoms with Crippen LogP contribution >= 0.6 is 0 Å². The molecule has 0 aliphatic carbocycles. The van der Waals surface area contributed by atoms with E-state index in [1.54, 1.807) is 0 Å². The lowest BCUT2D eigenvalue weighted by Crippen LogP contribution is -2.52. The van der Waals surface area contributed by atoms with Crippen LogP contribution in [0.3, 0.4) is 0 Å². The number of nitrogens with zero attached hydrogens (tertiary/aromatic N) is 1. The van der Waals surface area contributed by atoms with Gasteiger partial charge in [-0.1, -0.05) is 47.0 Å². The highest BCUT2D eigenvalue weighted by Crippen LogP contribution is 2.27. The number of hydrogen-bond acceptors (Lipinski definition) is 2. The van der Waals surface area contributed by atoms with Crippen LogP contribution in [-0.2, 0) is 4.79 Å². The summed E-state index contributed by atoms with van der Waals surface area (Å²) in [6.45, 7) is 11.6. The minimum atomic E-state index is 0.0604. The molecular weight excluding hydrogens is 236 g/mol. The summed E-state index contributed by atoms with van der Waals surface area (Å²) in [6.07, 6.45) is 7.20. The molecule has 0 aromatic carbocycles. The maximum absolute atomic E-state index is 12.4. The average Bonchev–Trinajstić information content (AvgIpc) is 2.34. The smallest absolute Gasteiger partial charge is 0.239 e. The number of nitrogens with one attached hydrogen (secondary N) is 1. The predicted octanol–water partition coefficient (Wildman–Crippen LogP) is 3.19. The molecule has 1 aliphatic rings. The summed E-state index contributed by atoms with van der Waals surface area (Å²) in [4.78, 5) is 14.5. The van der Waals surface area contributed by atoms with Crippen LogP contribution in [0.25, 0.3) is 0 Å². The predicted molar refractivity (Wildman–Crippen MR) is 81.2 cm³/mol. The maximum atomic E-state index is 12.4. The van der Waals surface area contributed by atoms with Crippen molar-refractivity contribution in [1.29, 1.82) is 0 Å². The molecule has 0 spiro atoms. The third-order valence-corrected chi connectivity index (χ3v) is 4.06. The lowest BCUT2D eigenvalue weighted by atomic mass is 9.85. The maximum Gasteiger partial charge on any atom is 0.239 e. The number of piperidine rings is 1. The minimum absolute atomic E-state index is 0.0604. The van der Waals surface area contributed by atoms with Crippen molar-refractivity contribution >= 4 is 5.91 Å². The molecule has 1 amide bonds. The van der Waals surface area contributed by atoms with Gasteiger partial charge in [-0.2, -0.15) is 0 Å². The van der Waals surface area contributed by atoms with Crippen LogP contribution in [0.15, 0.2) is 0 Å². The first-order chi connectivity index (χ1) is 9.00. The Labute approximate surface area is 119 Å². The second-order valence-corrected chi connectivity index (χ2v) is 6.63. The molecule has 1 N–H and O–H groups in total. The van der Waals surface area contributed by atoms with E-state index in [1.165, 1.54) is 25.7 Å². The number of hydrogen-bond donors (Lipinski definition) is 1. The van der Waals surface area contributed by atoms with E-state index in [2.05, 4.69) is 37.9 Å². The largest absolute Gasteiger partial charge is 0.341 e. The van der Waals surface area contributed by atoms with Crippen molar-refractivity contribution in [3.8, 4) is 0 Å². The fourth-order valence-electron chi connectivity index (χ4n) is 2.98. The van der Waals surface area contributed by atoms with E-state index in [4.69, 9.17) is 0 Å². The molecule has 19 heavy (non-hydrogen) atoms. The van der Waals surface area contributed by atoms with Crippen molar-refractivity contribution in [2.75, 3.05) is 19.6 Å². The van der Waals surface area contributed by atoms with Gasteiger partial charge in [0.05, 0.1) is 6.04 Å². The van der Waals surface area contributed by atoms with Gasteiger partial charge in [-0.3, -0.25) is 4.79 Å². The lowest BCUT2D eigenvalue weighted by Gasteiger charge is -2.38. The quantitative estimate of drug-likeness (QED) is 0.686. The average molecular weight is 268 g/mol. The van der Waals surface area contributed by atoms with Gasteiger partial charge >= 0.3 is 0 Å². The molecule has 0 aromatic heterocycles. The van der Waals surface area contributed by atoms with E-state index in [-0.39, 0.29) is 11.5 Å². The Bertz CT molecular complexity index is 274. The molecular formula is C16H32N2O. The molecule has 0 saturated carbocycles. The summed E-state index contributed by atoms with van der Waals surface area (Å²) >= 11 is 0. The molecule has 1 rings (SSSR count). The van der Waals surface area contributed by atoms with Crippen LogP contribution in [0.4, 0.5) is 0 Å². The third-order valence-electron chi connectivity index (χ3n) is 4.06. The second-order valence-electron chi connectivity index (χ2n) is 6.63. The van der Waals surface area contributed by atoms with Gasteiger partial charge < -0.3 is 10.2 Å². The first kappa shape index (κ1) is 16.5. The van der Waals surface area contributed by atoms with E-state index in [1.807, 2.05) is 0 Å².